The van der Waals surface area contributed by atoms with Crippen molar-refractivity contribution < 1.29 is 4.79 Å². The summed E-state index contributed by atoms with van der Waals surface area (Å²) in [5.41, 5.74) is 5.35. The highest BCUT2D eigenvalue weighted by molar-refractivity contribution is 5.95. The Kier molecular flexibility index (Phi) is 3.87. The largest absolute Gasteiger partial charge is 0.309 e. The van der Waals surface area contributed by atoms with Crippen LogP contribution in [0, 0.1) is 13.8 Å². The van der Waals surface area contributed by atoms with Gasteiger partial charge in [-0.1, -0.05) is 30.3 Å². The van der Waals surface area contributed by atoms with E-state index < -0.39 is 0 Å². The van der Waals surface area contributed by atoms with Crippen LogP contribution in [-0.4, -0.2) is 25.9 Å². The maximum Gasteiger partial charge on any atom is 0.226 e. The minimum Gasteiger partial charge on any atom is -0.309 e. The Hall–Kier alpha value is -2.89. The highest BCUT2D eigenvalue weighted by Gasteiger charge is 2.30. The van der Waals surface area contributed by atoms with Crippen LogP contribution in [0.5, 0.6) is 0 Å². The SMILES string of the molecule is Cc1cc(C)n(CCC2CC(=O)Nc3n[nH]c(-c4ccccc4)c32)n1. The van der Waals surface area contributed by atoms with E-state index in [0.29, 0.717) is 12.2 Å². The van der Waals surface area contributed by atoms with Crippen LogP contribution in [0.3, 0.4) is 0 Å². The molecule has 128 valence electrons. The van der Waals surface area contributed by atoms with E-state index in [4.69, 9.17) is 0 Å². The molecule has 1 aliphatic heterocycles. The third-order valence-electron chi connectivity index (χ3n) is 4.76. The smallest absolute Gasteiger partial charge is 0.226 e. The van der Waals surface area contributed by atoms with Crippen molar-refractivity contribution in [2.24, 2.45) is 0 Å². The number of aromatic amines is 1. The molecule has 25 heavy (non-hydrogen) atoms. The number of fused-ring (bicyclic) bond motifs is 1. The van der Waals surface area contributed by atoms with E-state index in [2.05, 4.69) is 45.7 Å². The van der Waals surface area contributed by atoms with Crippen molar-refractivity contribution in [3.8, 4) is 11.3 Å². The summed E-state index contributed by atoms with van der Waals surface area (Å²) in [6, 6.07) is 12.2. The molecular formula is C19H21N5O. The zero-order valence-electron chi connectivity index (χ0n) is 14.4. The number of hydrogen-bond donors (Lipinski definition) is 2. The Morgan fingerprint density at radius 1 is 1.24 bits per heavy atom. The van der Waals surface area contributed by atoms with E-state index in [1.807, 2.05) is 29.8 Å². The van der Waals surface area contributed by atoms with Gasteiger partial charge in [0.2, 0.25) is 5.91 Å². The van der Waals surface area contributed by atoms with E-state index >= 15 is 0 Å². The van der Waals surface area contributed by atoms with Gasteiger partial charge in [0.05, 0.1) is 11.4 Å². The number of nitrogens with one attached hydrogen (secondary N) is 2. The molecule has 0 aliphatic carbocycles. The van der Waals surface area contributed by atoms with Crippen molar-refractivity contribution in [3.63, 3.8) is 0 Å². The van der Waals surface area contributed by atoms with Gasteiger partial charge in [-0.2, -0.15) is 10.2 Å². The summed E-state index contributed by atoms with van der Waals surface area (Å²) in [6.07, 6.45) is 1.33. The summed E-state index contributed by atoms with van der Waals surface area (Å²) >= 11 is 0. The van der Waals surface area contributed by atoms with Crippen LogP contribution >= 0.6 is 0 Å². The van der Waals surface area contributed by atoms with Gasteiger partial charge in [-0.3, -0.25) is 14.6 Å². The highest BCUT2D eigenvalue weighted by Crippen LogP contribution is 2.39. The minimum atomic E-state index is 0.0250. The monoisotopic (exact) mass is 335 g/mol. The van der Waals surface area contributed by atoms with Crippen molar-refractivity contribution in [1.82, 2.24) is 20.0 Å². The number of rotatable bonds is 4. The van der Waals surface area contributed by atoms with E-state index in [9.17, 15) is 4.79 Å². The van der Waals surface area contributed by atoms with Crippen LogP contribution in [0.15, 0.2) is 36.4 Å². The molecule has 4 rings (SSSR count). The summed E-state index contributed by atoms with van der Waals surface area (Å²) in [6.45, 7) is 4.85. The highest BCUT2D eigenvalue weighted by atomic mass is 16.1. The summed E-state index contributed by atoms with van der Waals surface area (Å²) in [5, 5.41) is 14.9. The number of aromatic nitrogens is 4. The molecule has 1 unspecified atom stereocenters. The fourth-order valence-electron chi connectivity index (χ4n) is 3.60. The van der Waals surface area contributed by atoms with Gasteiger partial charge in [-0.05, 0) is 31.9 Å². The number of anilines is 1. The first-order valence-electron chi connectivity index (χ1n) is 8.56. The first kappa shape index (κ1) is 15.6. The van der Waals surface area contributed by atoms with Crippen molar-refractivity contribution in [2.45, 2.75) is 39.2 Å². The zero-order chi connectivity index (χ0) is 17.4. The normalized spacial score (nSPS) is 16.6. The molecule has 0 spiro atoms. The number of H-pyrrole nitrogens is 1. The number of carbonyl (C=O) groups is 1. The minimum absolute atomic E-state index is 0.0250. The predicted molar refractivity (Wildman–Crippen MR) is 96.3 cm³/mol. The van der Waals surface area contributed by atoms with E-state index in [1.54, 1.807) is 0 Å². The van der Waals surface area contributed by atoms with Gasteiger partial charge in [0.15, 0.2) is 5.82 Å². The molecule has 3 heterocycles. The number of aryl methyl sites for hydroxylation is 3. The maximum absolute atomic E-state index is 12.1. The van der Waals surface area contributed by atoms with Gasteiger partial charge >= 0.3 is 0 Å². The Bertz CT molecular complexity index is 909. The van der Waals surface area contributed by atoms with Crippen molar-refractivity contribution in [1.29, 1.82) is 0 Å². The average Bonchev–Trinajstić information content (AvgIpc) is 3.16. The molecule has 0 saturated carbocycles. The molecule has 1 aliphatic rings. The van der Waals surface area contributed by atoms with E-state index in [1.165, 1.54) is 0 Å². The van der Waals surface area contributed by atoms with Crippen molar-refractivity contribution in [2.75, 3.05) is 5.32 Å². The van der Waals surface area contributed by atoms with Crippen molar-refractivity contribution in [3.05, 3.63) is 53.3 Å². The molecule has 0 fully saturated rings. The van der Waals surface area contributed by atoms with Crippen LogP contribution in [0.25, 0.3) is 11.3 Å². The zero-order valence-corrected chi connectivity index (χ0v) is 14.4. The van der Waals surface area contributed by atoms with E-state index in [0.717, 1.165) is 41.2 Å². The topological polar surface area (TPSA) is 75.6 Å². The first-order valence-corrected chi connectivity index (χ1v) is 8.56. The second kappa shape index (κ2) is 6.20. The fraction of sp³-hybridized carbons (Fsp3) is 0.316. The molecule has 0 saturated heterocycles. The van der Waals surface area contributed by atoms with Crippen molar-refractivity contribution >= 4 is 11.7 Å². The number of hydrogen-bond acceptors (Lipinski definition) is 3. The Balaban J connectivity index is 1.65. The van der Waals surface area contributed by atoms with Crippen LogP contribution < -0.4 is 5.32 Å². The van der Waals surface area contributed by atoms with Gasteiger partial charge in [0.25, 0.3) is 0 Å². The Morgan fingerprint density at radius 3 is 2.76 bits per heavy atom. The predicted octanol–water partition coefficient (Wildman–Crippen LogP) is 3.41. The van der Waals surface area contributed by atoms with Gasteiger partial charge in [0.1, 0.15) is 0 Å². The molecule has 0 bridgehead atoms. The third-order valence-corrected chi connectivity index (χ3v) is 4.76. The molecule has 2 N–H and O–H groups in total. The second-order valence-electron chi connectivity index (χ2n) is 6.62. The van der Waals surface area contributed by atoms with Crippen LogP contribution in [-0.2, 0) is 11.3 Å². The summed E-state index contributed by atoms with van der Waals surface area (Å²) in [4.78, 5) is 12.1. The molecular weight excluding hydrogens is 314 g/mol. The number of nitrogens with zero attached hydrogens (tertiary/aromatic N) is 3. The molecule has 0 radical (unpaired) electrons. The number of carbonyl (C=O) groups excluding carboxylic acids is 1. The molecule has 3 aromatic rings. The lowest BCUT2D eigenvalue weighted by Gasteiger charge is -2.23. The van der Waals surface area contributed by atoms with Crippen LogP contribution in [0.2, 0.25) is 0 Å². The maximum atomic E-state index is 12.1. The summed E-state index contributed by atoms with van der Waals surface area (Å²) in [7, 11) is 0. The van der Waals surface area contributed by atoms with Crippen LogP contribution in [0.4, 0.5) is 5.82 Å². The van der Waals surface area contributed by atoms with Gasteiger partial charge in [-0.25, -0.2) is 0 Å². The molecule has 1 aromatic carbocycles. The number of amides is 1. The Labute approximate surface area is 146 Å². The van der Waals surface area contributed by atoms with Crippen LogP contribution in [0.1, 0.15) is 35.7 Å². The lowest BCUT2D eigenvalue weighted by molar-refractivity contribution is -0.116. The lowest BCUT2D eigenvalue weighted by atomic mass is 9.87. The van der Waals surface area contributed by atoms with Gasteiger partial charge < -0.3 is 5.32 Å². The fourth-order valence-corrected chi connectivity index (χ4v) is 3.60. The third kappa shape index (κ3) is 2.95. The van der Waals surface area contributed by atoms with E-state index in [-0.39, 0.29) is 11.8 Å². The first-order chi connectivity index (χ1) is 12.1. The number of benzene rings is 1. The van der Waals surface area contributed by atoms with Gasteiger partial charge in [-0.15, -0.1) is 0 Å². The quantitative estimate of drug-likeness (QED) is 0.767. The summed E-state index contributed by atoms with van der Waals surface area (Å²) < 4.78 is 2.02. The second-order valence-corrected chi connectivity index (χ2v) is 6.62. The van der Waals surface area contributed by atoms with Gasteiger partial charge in [0, 0.05) is 30.1 Å². The lowest BCUT2D eigenvalue weighted by Crippen LogP contribution is -2.23. The standard InChI is InChI=1S/C19H21N5O/c1-12-10-13(2)24(23-12)9-8-15-11-16(25)20-19-17(15)18(21-22-19)14-6-4-3-5-7-14/h3-7,10,15H,8-9,11H2,1-2H3,(H2,20,21,22,25). The molecule has 1 atom stereocenters. The molecule has 2 aromatic heterocycles. The Morgan fingerprint density at radius 2 is 2.04 bits per heavy atom. The molecule has 1 amide bonds. The molecule has 6 heteroatoms. The molecule has 6 nitrogen and oxygen atoms in total. The summed E-state index contributed by atoms with van der Waals surface area (Å²) in [5.74, 6) is 0.812. The average molecular weight is 335 g/mol.